The highest BCUT2D eigenvalue weighted by molar-refractivity contribution is 7.12. The molecule has 0 amide bonds. The van der Waals surface area contributed by atoms with Crippen molar-refractivity contribution in [2.24, 2.45) is 11.7 Å². The third-order valence-corrected chi connectivity index (χ3v) is 5.70. The maximum absolute atomic E-state index is 5.80. The van der Waals surface area contributed by atoms with Crippen molar-refractivity contribution in [2.45, 2.75) is 44.9 Å². The first kappa shape index (κ1) is 14.7. The van der Waals surface area contributed by atoms with Gasteiger partial charge in [-0.3, -0.25) is 0 Å². The lowest BCUT2D eigenvalue weighted by molar-refractivity contribution is 0.343. The molecule has 1 aliphatic carbocycles. The minimum atomic E-state index is 0.660. The van der Waals surface area contributed by atoms with Gasteiger partial charge in [-0.2, -0.15) is 0 Å². The van der Waals surface area contributed by atoms with E-state index in [1.54, 1.807) is 0 Å². The van der Waals surface area contributed by atoms with Gasteiger partial charge in [0.05, 0.1) is 10.7 Å². The predicted octanol–water partition coefficient (Wildman–Crippen LogP) is 4.61. The lowest BCUT2D eigenvalue weighted by Crippen LogP contribution is -2.11. The molecular weight excluding hydrogens is 276 g/mol. The van der Waals surface area contributed by atoms with Crippen molar-refractivity contribution in [3.8, 4) is 11.3 Å². The Kier molecular flexibility index (Phi) is 4.71. The van der Waals surface area contributed by atoms with E-state index in [0.29, 0.717) is 12.5 Å². The summed E-state index contributed by atoms with van der Waals surface area (Å²) in [4.78, 5) is 6.38. The minimum absolute atomic E-state index is 0.660. The SMILES string of the molecule is CC1CCCC(c2nc(-c3ccccc3)c(CCN)s2)C1. The summed E-state index contributed by atoms with van der Waals surface area (Å²) >= 11 is 1.90. The lowest BCUT2D eigenvalue weighted by atomic mass is 9.83. The second-order valence-electron chi connectivity index (χ2n) is 6.20. The van der Waals surface area contributed by atoms with Crippen LogP contribution in [-0.4, -0.2) is 11.5 Å². The normalized spacial score (nSPS) is 22.4. The molecule has 2 N–H and O–H groups in total. The van der Waals surface area contributed by atoms with Crippen LogP contribution >= 0.6 is 11.3 Å². The molecule has 1 fully saturated rings. The number of aromatic nitrogens is 1. The molecule has 0 bridgehead atoms. The molecule has 0 spiro atoms. The van der Waals surface area contributed by atoms with E-state index in [1.807, 2.05) is 11.3 Å². The number of hydrogen-bond donors (Lipinski definition) is 1. The van der Waals surface area contributed by atoms with Gasteiger partial charge in [0.25, 0.3) is 0 Å². The lowest BCUT2D eigenvalue weighted by Gasteiger charge is -2.24. The molecule has 3 rings (SSSR count). The Balaban J connectivity index is 1.92. The van der Waals surface area contributed by atoms with E-state index >= 15 is 0 Å². The molecular formula is C18H24N2S. The first-order valence-electron chi connectivity index (χ1n) is 8.03. The Morgan fingerprint density at radius 3 is 2.76 bits per heavy atom. The van der Waals surface area contributed by atoms with E-state index in [9.17, 15) is 0 Å². The summed E-state index contributed by atoms with van der Waals surface area (Å²) in [5, 5.41) is 1.34. The molecule has 2 aromatic rings. The zero-order valence-corrected chi connectivity index (χ0v) is 13.5. The van der Waals surface area contributed by atoms with E-state index in [2.05, 4.69) is 37.3 Å². The molecule has 1 aliphatic rings. The van der Waals surface area contributed by atoms with Gasteiger partial charge in [-0.25, -0.2) is 4.98 Å². The maximum atomic E-state index is 5.80. The number of thiazole rings is 1. The number of nitrogens with two attached hydrogens (primary N) is 1. The van der Waals surface area contributed by atoms with Gasteiger partial charge in [0.15, 0.2) is 0 Å². The van der Waals surface area contributed by atoms with Crippen molar-refractivity contribution in [2.75, 3.05) is 6.54 Å². The summed E-state index contributed by atoms with van der Waals surface area (Å²) in [5.41, 5.74) is 8.19. The highest BCUT2D eigenvalue weighted by Crippen LogP contribution is 2.40. The van der Waals surface area contributed by atoms with Gasteiger partial charge >= 0.3 is 0 Å². The van der Waals surface area contributed by atoms with E-state index in [1.165, 1.54) is 46.8 Å². The van der Waals surface area contributed by atoms with Gasteiger partial charge in [0.2, 0.25) is 0 Å². The van der Waals surface area contributed by atoms with Crippen molar-refractivity contribution in [1.29, 1.82) is 0 Å². The van der Waals surface area contributed by atoms with Crippen LogP contribution in [0.25, 0.3) is 11.3 Å². The molecule has 1 aromatic heterocycles. The van der Waals surface area contributed by atoms with E-state index in [4.69, 9.17) is 10.7 Å². The summed E-state index contributed by atoms with van der Waals surface area (Å²) in [6.07, 6.45) is 6.25. The fourth-order valence-corrected chi connectivity index (χ4v) is 4.58. The van der Waals surface area contributed by atoms with Crippen molar-refractivity contribution in [3.05, 3.63) is 40.2 Å². The summed E-state index contributed by atoms with van der Waals surface area (Å²) < 4.78 is 0. The molecule has 1 heterocycles. The van der Waals surface area contributed by atoms with Gasteiger partial charge in [-0.15, -0.1) is 11.3 Å². The van der Waals surface area contributed by atoms with Crippen LogP contribution in [0.5, 0.6) is 0 Å². The van der Waals surface area contributed by atoms with Gasteiger partial charge in [0.1, 0.15) is 0 Å². The van der Waals surface area contributed by atoms with Crippen LogP contribution in [0.2, 0.25) is 0 Å². The van der Waals surface area contributed by atoms with Gasteiger partial charge < -0.3 is 5.73 Å². The predicted molar refractivity (Wildman–Crippen MR) is 90.7 cm³/mol. The highest BCUT2D eigenvalue weighted by atomic mass is 32.1. The average Bonchev–Trinajstić information content (AvgIpc) is 2.93. The van der Waals surface area contributed by atoms with Crippen LogP contribution in [0.15, 0.2) is 30.3 Å². The van der Waals surface area contributed by atoms with Crippen LogP contribution in [0, 0.1) is 5.92 Å². The Bertz CT molecular complexity index is 576. The first-order chi connectivity index (χ1) is 10.3. The molecule has 21 heavy (non-hydrogen) atoms. The fourth-order valence-electron chi connectivity index (χ4n) is 3.33. The molecule has 2 atom stereocenters. The largest absolute Gasteiger partial charge is 0.330 e. The van der Waals surface area contributed by atoms with Gasteiger partial charge in [0, 0.05) is 16.4 Å². The van der Waals surface area contributed by atoms with Gasteiger partial charge in [-0.05, 0) is 31.7 Å². The second-order valence-corrected chi connectivity index (χ2v) is 7.31. The number of nitrogens with zero attached hydrogens (tertiary/aromatic N) is 1. The zero-order chi connectivity index (χ0) is 14.7. The Morgan fingerprint density at radius 1 is 1.24 bits per heavy atom. The topological polar surface area (TPSA) is 38.9 Å². The quantitative estimate of drug-likeness (QED) is 0.896. The molecule has 0 aliphatic heterocycles. The number of rotatable bonds is 4. The van der Waals surface area contributed by atoms with Crippen LogP contribution in [0.4, 0.5) is 0 Å². The van der Waals surface area contributed by atoms with E-state index in [0.717, 1.165) is 12.3 Å². The molecule has 2 unspecified atom stereocenters. The summed E-state index contributed by atoms with van der Waals surface area (Å²) in [7, 11) is 0. The highest BCUT2D eigenvalue weighted by Gasteiger charge is 2.24. The summed E-state index contributed by atoms with van der Waals surface area (Å²) in [5.74, 6) is 1.50. The number of hydrogen-bond acceptors (Lipinski definition) is 3. The number of benzene rings is 1. The molecule has 3 heteroatoms. The third-order valence-electron chi connectivity index (χ3n) is 4.42. The van der Waals surface area contributed by atoms with Crippen molar-refractivity contribution >= 4 is 11.3 Å². The Labute approximate surface area is 131 Å². The molecule has 0 saturated heterocycles. The fraction of sp³-hybridized carbons (Fsp3) is 0.500. The van der Waals surface area contributed by atoms with Gasteiger partial charge in [-0.1, -0.05) is 50.1 Å². The zero-order valence-electron chi connectivity index (χ0n) is 12.7. The summed E-state index contributed by atoms with van der Waals surface area (Å²) in [6.45, 7) is 3.07. The van der Waals surface area contributed by atoms with Crippen LogP contribution in [-0.2, 0) is 6.42 Å². The summed E-state index contributed by atoms with van der Waals surface area (Å²) in [6, 6.07) is 10.5. The van der Waals surface area contributed by atoms with Crippen LogP contribution in [0.1, 0.15) is 48.4 Å². The van der Waals surface area contributed by atoms with Crippen molar-refractivity contribution in [3.63, 3.8) is 0 Å². The second kappa shape index (κ2) is 6.71. The first-order valence-corrected chi connectivity index (χ1v) is 8.84. The molecule has 112 valence electrons. The van der Waals surface area contributed by atoms with E-state index < -0.39 is 0 Å². The standard InChI is InChI=1S/C18H24N2S/c1-13-6-5-9-15(12-13)18-20-17(16(21-18)10-11-19)14-7-3-2-4-8-14/h2-4,7-8,13,15H,5-6,9-12,19H2,1H3. The average molecular weight is 300 g/mol. The van der Waals surface area contributed by atoms with E-state index in [-0.39, 0.29) is 0 Å². The third kappa shape index (κ3) is 3.35. The van der Waals surface area contributed by atoms with Crippen LogP contribution < -0.4 is 5.73 Å². The minimum Gasteiger partial charge on any atom is -0.330 e. The maximum Gasteiger partial charge on any atom is 0.0966 e. The smallest absolute Gasteiger partial charge is 0.0966 e. The molecule has 0 radical (unpaired) electrons. The Morgan fingerprint density at radius 2 is 2.05 bits per heavy atom. The van der Waals surface area contributed by atoms with Crippen LogP contribution in [0.3, 0.4) is 0 Å². The monoisotopic (exact) mass is 300 g/mol. The van der Waals surface area contributed by atoms with Crippen molar-refractivity contribution < 1.29 is 0 Å². The molecule has 2 nitrogen and oxygen atoms in total. The molecule has 1 saturated carbocycles. The Hall–Kier alpha value is -1.19. The van der Waals surface area contributed by atoms with Crippen molar-refractivity contribution in [1.82, 2.24) is 4.98 Å². The molecule has 1 aromatic carbocycles.